The van der Waals surface area contributed by atoms with Crippen LogP contribution >= 0.6 is 0 Å². The van der Waals surface area contributed by atoms with E-state index in [1.165, 1.54) is 16.8 Å². The number of anilines is 1. The molecule has 0 fully saturated rings. The molecule has 0 spiro atoms. The molecule has 1 heterocycles. The molecular weight excluding hydrogens is 210 g/mol. The summed E-state index contributed by atoms with van der Waals surface area (Å²) >= 11 is 0. The fourth-order valence-corrected chi connectivity index (χ4v) is 1.80. The molecule has 0 atom stereocenters. The van der Waals surface area contributed by atoms with Gasteiger partial charge in [-0.1, -0.05) is 17.7 Å². The van der Waals surface area contributed by atoms with Gasteiger partial charge in [0.05, 0.1) is 6.20 Å². The topological polar surface area (TPSA) is 29.9 Å². The first-order valence-corrected chi connectivity index (χ1v) is 6.02. The van der Waals surface area contributed by atoms with Gasteiger partial charge in [0.15, 0.2) is 0 Å². The van der Waals surface area contributed by atoms with Crippen molar-refractivity contribution in [2.45, 2.75) is 19.8 Å². The largest absolute Gasteiger partial charge is 0.385 e. The molecule has 0 saturated heterocycles. The Morgan fingerprint density at radius 2 is 2.00 bits per heavy atom. The van der Waals surface area contributed by atoms with Gasteiger partial charge in [0.25, 0.3) is 0 Å². The smallest absolute Gasteiger partial charge is 0.0521 e. The maximum atomic E-state index is 4.16. The third-order valence-corrected chi connectivity index (χ3v) is 2.78. The van der Waals surface area contributed by atoms with E-state index in [-0.39, 0.29) is 0 Å². The van der Waals surface area contributed by atoms with Gasteiger partial charge in [-0.05, 0) is 37.5 Å². The van der Waals surface area contributed by atoms with Gasteiger partial charge >= 0.3 is 0 Å². The average molecular weight is 229 g/mol. The summed E-state index contributed by atoms with van der Waals surface area (Å²) in [7, 11) is 1.95. The van der Waals surface area contributed by atoms with Crippen molar-refractivity contribution in [1.82, 2.24) is 9.78 Å². The lowest BCUT2D eigenvalue weighted by Gasteiger charge is -2.05. The van der Waals surface area contributed by atoms with E-state index in [9.17, 15) is 0 Å². The maximum absolute atomic E-state index is 4.16. The normalized spacial score (nSPS) is 10.5. The Kier molecular flexibility index (Phi) is 3.81. The third kappa shape index (κ3) is 3.63. The number of hydrogen-bond acceptors (Lipinski definition) is 2. The molecule has 1 aromatic carbocycles. The van der Waals surface area contributed by atoms with Crippen molar-refractivity contribution in [2.24, 2.45) is 7.05 Å². The third-order valence-electron chi connectivity index (χ3n) is 2.78. The highest BCUT2D eigenvalue weighted by Gasteiger charge is 1.96. The van der Waals surface area contributed by atoms with Crippen molar-refractivity contribution in [1.29, 1.82) is 0 Å². The van der Waals surface area contributed by atoms with Crippen LogP contribution in [0.3, 0.4) is 0 Å². The monoisotopic (exact) mass is 229 g/mol. The number of hydrogen-bond donors (Lipinski definition) is 1. The second kappa shape index (κ2) is 5.53. The summed E-state index contributed by atoms with van der Waals surface area (Å²) in [5, 5.41) is 7.58. The summed E-state index contributed by atoms with van der Waals surface area (Å²) in [4.78, 5) is 0. The Morgan fingerprint density at radius 1 is 1.24 bits per heavy atom. The predicted octanol–water partition coefficient (Wildman–Crippen LogP) is 2.77. The molecule has 17 heavy (non-hydrogen) atoms. The summed E-state index contributed by atoms with van der Waals surface area (Å²) in [6.07, 6.45) is 6.21. The Hall–Kier alpha value is -1.77. The molecule has 2 rings (SSSR count). The van der Waals surface area contributed by atoms with E-state index in [4.69, 9.17) is 0 Å². The average Bonchev–Trinajstić information content (AvgIpc) is 2.73. The van der Waals surface area contributed by atoms with Crippen LogP contribution in [-0.2, 0) is 13.5 Å². The number of benzene rings is 1. The molecule has 0 aliphatic carbocycles. The van der Waals surface area contributed by atoms with Crippen LogP contribution in [0, 0.1) is 6.92 Å². The van der Waals surface area contributed by atoms with Crippen molar-refractivity contribution < 1.29 is 0 Å². The van der Waals surface area contributed by atoms with Crippen molar-refractivity contribution in [3.63, 3.8) is 0 Å². The molecule has 0 saturated carbocycles. The summed E-state index contributed by atoms with van der Waals surface area (Å²) in [5.41, 5.74) is 3.80. The highest BCUT2D eigenvalue weighted by molar-refractivity contribution is 5.44. The summed E-state index contributed by atoms with van der Waals surface area (Å²) in [6.45, 7) is 3.10. The molecule has 2 aromatic rings. The van der Waals surface area contributed by atoms with Crippen LogP contribution in [0.15, 0.2) is 36.7 Å². The minimum atomic E-state index is 0.998. The van der Waals surface area contributed by atoms with Gasteiger partial charge in [0.2, 0.25) is 0 Å². The van der Waals surface area contributed by atoms with Gasteiger partial charge in [0.1, 0.15) is 0 Å². The first kappa shape index (κ1) is 11.7. The highest BCUT2D eigenvalue weighted by atomic mass is 15.2. The first-order chi connectivity index (χ1) is 8.24. The number of aryl methyl sites for hydroxylation is 3. The highest BCUT2D eigenvalue weighted by Crippen LogP contribution is 2.09. The fourth-order valence-electron chi connectivity index (χ4n) is 1.80. The van der Waals surface area contributed by atoms with Gasteiger partial charge in [-0.2, -0.15) is 5.10 Å². The van der Waals surface area contributed by atoms with E-state index in [0.717, 1.165) is 19.4 Å². The Bertz CT molecular complexity index is 457. The maximum Gasteiger partial charge on any atom is 0.0521 e. The van der Waals surface area contributed by atoms with Gasteiger partial charge in [-0.3, -0.25) is 4.68 Å². The van der Waals surface area contributed by atoms with Gasteiger partial charge in [0, 0.05) is 25.5 Å². The summed E-state index contributed by atoms with van der Waals surface area (Å²) in [5.74, 6) is 0. The molecule has 0 radical (unpaired) electrons. The van der Waals surface area contributed by atoms with Gasteiger partial charge < -0.3 is 5.32 Å². The molecule has 0 bridgehead atoms. The van der Waals surface area contributed by atoms with Gasteiger partial charge in [-0.15, -0.1) is 0 Å². The standard InChI is InChI=1S/C14H19N3/c1-12-5-7-14(8-6-12)15-9-3-4-13-10-16-17(2)11-13/h5-8,10-11,15H,3-4,9H2,1-2H3. The van der Waals surface area contributed by atoms with E-state index in [1.54, 1.807) is 0 Å². The molecular formula is C14H19N3. The molecule has 1 N–H and O–H groups in total. The van der Waals surface area contributed by atoms with Crippen LogP contribution in [0.5, 0.6) is 0 Å². The van der Waals surface area contributed by atoms with Crippen LogP contribution in [0.25, 0.3) is 0 Å². The minimum Gasteiger partial charge on any atom is -0.385 e. The van der Waals surface area contributed by atoms with Crippen molar-refractivity contribution in [2.75, 3.05) is 11.9 Å². The Labute approximate surface area is 102 Å². The van der Waals surface area contributed by atoms with Gasteiger partial charge in [-0.25, -0.2) is 0 Å². The zero-order valence-corrected chi connectivity index (χ0v) is 10.5. The molecule has 0 aliphatic rings. The number of rotatable bonds is 5. The molecule has 0 unspecified atom stereocenters. The van der Waals surface area contributed by atoms with E-state index in [2.05, 4.69) is 47.8 Å². The minimum absolute atomic E-state index is 0.998. The zero-order valence-electron chi connectivity index (χ0n) is 10.5. The van der Waals surface area contributed by atoms with E-state index in [1.807, 2.05) is 17.9 Å². The van der Waals surface area contributed by atoms with Crippen molar-refractivity contribution in [3.8, 4) is 0 Å². The van der Waals surface area contributed by atoms with E-state index < -0.39 is 0 Å². The number of nitrogens with zero attached hydrogens (tertiary/aromatic N) is 2. The fraction of sp³-hybridized carbons (Fsp3) is 0.357. The lowest BCUT2D eigenvalue weighted by molar-refractivity contribution is 0.766. The quantitative estimate of drug-likeness (QED) is 0.799. The van der Waals surface area contributed by atoms with Crippen LogP contribution < -0.4 is 5.32 Å². The number of nitrogens with one attached hydrogen (secondary N) is 1. The van der Waals surface area contributed by atoms with Crippen LogP contribution in [0.2, 0.25) is 0 Å². The molecule has 3 nitrogen and oxygen atoms in total. The predicted molar refractivity (Wildman–Crippen MR) is 71.2 cm³/mol. The first-order valence-electron chi connectivity index (χ1n) is 6.02. The second-order valence-corrected chi connectivity index (χ2v) is 4.42. The lowest BCUT2D eigenvalue weighted by Crippen LogP contribution is -2.02. The van der Waals surface area contributed by atoms with E-state index >= 15 is 0 Å². The molecule has 3 heteroatoms. The summed E-state index contributed by atoms with van der Waals surface area (Å²) < 4.78 is 1.85. The lowest BCUT2D eigenvalue weighted by atomic mass is 10.2. The molecule has 0 aliphatic heterocycles. The molecule has 90 valence electrons. The molecule has 0 amide bonds. The van der Waals surface area contributed by atoms with Crippen LogP contribution in [-0.4, -0.2) is 16.3 Å². The Balaban J connectivity index is 1.71. The Morgan fingerprint density at radius 3 is 2.65 bits per heavy atom. The SMILES string of the molecule is Cc1ccc(NCCCc2cnn(C)c2)cc1. The van der Waals surface area contributed by atoms with Crippen LogP contribution in [0.1, 0.15) is 17.5 Å². The van der Waals surface area contributed by atoms with Crippen molar-refractivity contribution in [3.05, 3.63) is 47.8 Å². The number of aromatic nitrogens is 2. The van der Waals surface area contributed by atoms with Crippen molar-refractivity contribution >= 4 is 5.69 Å². The second-order valence-electron chi connectivity index (χ2n) is 4.42. The summed E-state index contributed by atoms with van der Waals surface area (Å²) in [6, 6.07) is 8.51. The van der Waals surface area contributed by atoms with E-state index in [0.29, 0.717) is 0 Å². The molecule has 1 aromatic heterocycles. The van der Waals surface area contributed by atoms with Crippen LogP contribution in [0.4, 0.5) is 5.69 Å². The zero-order chi connectivity index (χ0) is 12.1.